The van der Waals surface area contributed by atoms with Gasteiger partial charge in [-0.25, -0.2) is 4.98 Å². The quantitative estimate of drug-likeness (QED) is 0.882. The van der Waals surface area contributed by atoms with Crippen LogP contribution in [0.3, 0.4) is 0 Å². The summed E-state index contributed by atoms with van der Waals surface area (Å²) in [6.45, 7) is 1.96. The molecule has 1 amide bonds. The Morgan fingerprint density at radius 1 is 1.42 bits per heavy atom. The summed E-state index contributed by atoms with van der Waals surface area (Å²) in [6.07, 6.45) is 1.75. The van der Waals surface area contributed by atoms with Crippen molar-refractivity contribution < 1.29 is 9.59 Å². The number of nitrogens with zero attached hydrogens (tertiary/aromatic N) is 1. The van der Waals surface area contributed by atoms with Gasteiger partial charge in [0, 0.05) is 11.1 Å². The van der Waals surface area contributed by atoms with Gasteiger partial charge in [0.05, 0.1) is 12.0 Å². The van der Waals surface area contributed by atoms with Crippen molar-refractivity contribution in [2.75, 3.05) is 5.32 Å². The van der Waals surface area contributed by atoms with Crippen molar-refractivity contribution in [2.45, 2.75) is 13.3 Å². The lowest BCUT2D eigenvalue weighted by molar-refractivity contribution is -0.115. The van der Waals surface area contributed by atoms with Crippen LogP contribution in [0.5, 0.6) is 0 Å². The minimum Gasteiger partial charge on any atom is -0.310 e. The maximum atomic E-state index is 11.9. The number of thiophene rings is 1. The van der Waals surface area contributed by atoms with Crippen molar-refractivity contribution in [1.29, 1.82) is 0 Å². The summed E-state index contributed by atoms with van der Waals surface area (Å²) in [5.74, 6) is -0.0280. The Morgan fingerprint density at radius 2 is 2.21 bits per heavy atom. The number of halogens is 1. The second kappa shape index (κ2) is 5.95. The highest BCUT2D eigenvalue weighted by molar-refractivity contribution is 7.10. The highest BCUT2D eigenvalue weighted by atomic mass is 35.5. The molecule has 98 valence electrons. The highest BCUT2D eigenvalue weighted by Crippen LogP contribution is 2.17. The van der Waals surface area contributed by atoms with E-state index < -0.39 is 5.24 Å². The van der Waals surface area contributed by atoms with Crippen molar-refractivity contribution in [3.05, 3.63) is 45.8 Å². The summed E-state index contributed by atoms with van der Waals surface area (Å²) in [4.78, 5) is 28.2. The zero-order valence-corrected chi connectivity index (χ0v) is 11.7. The van der Waals surface area contributed by atoms with Gasteiger partial charge in [-0.05, 0) is 47.7 Å². The Balaban J connectivity index is 2.11. The summed E-state index contributed by atoms with van der Waals surface area (Å²) in [5, 5.41) is 3.90. The van der Waals surface area contributed by atoms with E-state index in [0.29, 0.717) is 0 Å². The molecule has 0 atom stereocenters. The topological polar surface area (TPSA) is 59.1 Å². The van der Waals surface area contributed by atoms with Crippen LogP contribution in [0, 0.1) is 6.92 Å². The molecule has 2 heterocycles. The number of aromatic nitrogens is 1. The predicted octanol–water partition coefficient (Wildman–Crippen LogP) is 3.01. The second-order valence-electron chi connectivity index (χ2n) is 3.90. The zero-order chi connectivity index (χ0) is 13.8. The molecule has 0 aliphatic heterocycles. The molecular formula is C13H11ClN2O2S. The zero-order valence-electron chi connectivity index (χ0n) is 10.1. The maximum Gasteiger partial charge on any atom is 0.256 e. The standard InChI is InChI=1S/C13H11ClN2O2S/c1-8-9(4-6-19-8)7-11(17)16-13-10(12(14)18)3-2-5-15-13/h2-6H,7H2,1H3,(H,15,16,17). The normalized spacial score (nSPS) is 10.2. The molecule has 2 aromatic heterocycles. The predicted molar refractivity (Wildman–Crippen MR) is 75.8 cm³/mol. The van der Waals surface area contributed by atoms with Gasteiger partial charge in [0.2, 0.25) is 5.91 Å². The van der Waals surface area contributed by atoms with Crippen LogP contribution >= 0.6 is 22.9 Å². The van der Waals surface area contributed by atoms with Crippen LogP contribution in [-0.2, 0) is 11.2 Å². The molecule has 2 rings (SSSR count). The third-order valence-corrected chi connectivity index (χ3v) is 3.69. The Morgan fingerprint density at radius 3 is 2.84 bits per heavy atom. The second-order valence-corrected chi connectivity index (χ2v) is 5.36. The van der Waals surface area contributed by atoms with E-state index in [1.807, 2.05) is 18.4 Å². The van der Waals surface area contributed by atoms with Gasteiger partial charge < -0.3 is 5.32 Å². The first kappa shape index (κ1) is 13.7. The summed E-state index contributed by atoms with van der Waals surface area (Å²) < 4.78 is 0. The third kappa shape index (κ3) is 3.39. The van der Waals surface area contributed by atoms with Crippen LogP contribution in [0.1, 0.15) is 20.8 Å². The summed E-state index contributed by atoms with van der Waals surface area (Å²) in [6, 6.07) is 5.02. The Hall–Kier alpha value is -1.72. The minimum atomic E-state index is -0.643. The van der Waals surface area contributed by atoms with Gasteiger partial charge in [0.1, 0.15) is 5.82 Å². The highest BCUT2D eigenvalue weighted by Gasteiger charge is 2.13. The molecule has 2 aromatic rings. The lowest BCUT2D eigenvalue weighted by Gasteiger charge is -2.07. The average Bonchev–Trinajstić information content (AvgIpc) is 2.75. The number of aryl methyl sites for hydroxylation is 1. The number of rotatable bonds is 4. The number of pyridine rings is 1. The molecule has 4 nitrogen and oxygen atoms in total. The molecule has 19 heavy (non-hydrogen) atoms. The molecular weight excluding hydrogens is 284 g/mol. The van der Waals surface area contributed by atoms with Gasteiger partial charge >= 0.3 is 0 Å². The molecule has 1 N–H and O–H groups in total. The van der Waals surface area contributed by atoms with Crippen LogP contribution in [0.2, 0.25) is 0 Å². The van der Waals surface area contributed by atoms with E-state index >= 15 is 0 Å². The summed E-state index contributed by atoms with van der Waals surface area (Å²) in [5.41, 5.74) is 1.16. The van der Waals surface area contributed by atoms with E-state index in [2.05, 4.69) is 10.3 Å². The van der Waals surface area contributed by atoms with E-state index in [9.17, 15) is 9.59 Å². The van der Waals surface area contributed by atoms with Crippen LogP contribution < -0.4 is 5.32 Å². The van der Waals surface area contributed by atoms with Crippen LogP contribution in [0.25, 0.3) is 0 Å². The average molecular weight is 295 g/mol. The minimum absolute atomic E-state index is 0.194. The third-order valence-electron chi connectivity index (χ3n) is 2.59. The molecule has 0 fully saturated rings. The van der Waals surface area contributed by atoms with Gasteiger partial charge in [-0.2, -0.15) is 0 Å². The van der Waals surface area contributed by atoms with Gasteiger partial charge in [-0.15, -0.1) is 11.3 Å². The van der Waals surface area contributed by atoms with E-state index in [-0.39, 0.29) is 23.7 Å². The monoisotopic (exact) mass is 294 g/mol. The van der Waals surface area contributed by atoms with Crippen molar-refractivity contribution in [3.8, 4) is 0 Å². The Kier molecular flexibility index (Phi) is 4.29. The van der Waals surface area contributed by atoms with E-state index in [0.717, 1.165) is 10.4 Å². The first-order valence-electron chi connectivity index (χ1n) is 5.55. The molecule has 0 spiro atoms. The molecule has 6 heteroatoms. The number of hydrogen-bond acceptors (Lipinski definition) is 4. The van der Waals surface area contributed by atoms with Crippen molar-refractivity contribution in [1.82, 2.24) is 4.98 Å². The first-order valence-corrected chi connectivity index (χ1v) is 6.81. The summed E-state index contributed by atoms with van der Waals surface area (Å²) >= 11 is 7.02. The number of anilines is 1. The number of carbonyl (C=O) groups excluding carboxylic acids is 2. The Labute approximate surface area is 119 Å². The molecule has 0 radical (unpaired) electrons. The molecule has 0 saturated heterocycles. The van der Waals surface area contributed by atoms with Gasteiger partial charge in [-0.3, -0.25) is 9.59 Å². The number of hydrogen-bond donors (Lipinski definition) is 1. The molecule has 0 aliphatic rings. The fourth-order valence-corrected chi connectivity index (χ4v) is 2.49. The SMILES string of the molecule is Cc1sccc1CC(=O)Nc1ncccc1C(=O)Cl. The largest absolute Gasteiger partial charge is 0.310 e. The Bertz CT molecular complexity index is 625. The molecule has 0 aromatic carbocycles. The van der Waals surface area contributed by atoms with Crippen molar-refractivity contribution in [2.24, 2.45) is 0 Å². The van der Waals surface area contributed by atoms with Crippen LogP contribution in [0.4, 0.5) is 5.82 Å². The lowest BCUT2D eigenvalue weighted by atomic mass is 10.2. The summed E-state index contributed by atoms with van der Waals surface area (Å²) in [7, 11) is 0. The fraction of sp³-hybridized carbons (Fsp3) is 0.154. The van der Waals surface area contributed by atoms with Crippen LogP contribution in [-0.4, -0.2) is 16.1 Å². The van der Waals surface area contributed by atoms with E-state index in [4.69, 9.17) is 11.6 Å². The van der Waals surface area contributed by atoms with Gasteiger partial charge in [0.15, 0.2) is 0 Å². The van der Waals surface area contributed by atoms with E-state index in [1.54, 1.807) is 17.4 Å². The molecule has 0 saturated carbocycles. The van der Waals surface area contributed by atoms with E-state index in [1.165, 1.54) is 12.3 Å². The van der Waals surface area contributed by atoms with Crippen molar-refractivity contribution in [3.63, 3.8) is 0 Å². The first-order chi connectivity index (χ1) is 9.08. The number of nitrogens with one attached hydrogen (secondary N) is 1. The maximum absolute atomic E-state index is 11.9. The molecule has 0 unspecified atom stereocenters. The van der Waals surface area contributed by atoms with Crippen molar-refractivity contribution >= 4 is 39.9 Å². The van der Waals surface area contributed by atoms with Gasteiger partial charge in [0.25, 0.3) is 5.24 Å². The van der Waals surface area contributed by atoms with Gasteiger partial charge in [-0.1, -0.05) is 0 Å². The number of amides is 1. The fourth-order valence-electron chi connectivity index (χ4n) is 1.61. The lowest BCUT2D eigenvalue weighted by Crippen LogP contribution is -2.17. The number of carbonyl (C=O) groups is 2. The van der Waals surface area contributed by atoms with Crippen LogP contribution in [0.15, 0.2) is 29.8 Å². The molecule has 0 aliphatic carbocycles. The smallest absolute Gasteiger partial charge is 0.256 e. The molecule has 0 bridgehead atoms.